The number of nitrogens with one attached hydrogen (secondary N) is 2. The number of hydrogen-bond donors (Lipinski definition) is 2. The van der Waals surface area contributed by atoms with Crippen LogP contribution in [0.1, 0.15) is 79.1 Å². The highest BCUT2D eigenvalue weighted by atomic mass is 16.5. The fourth-order valence-corrected chi connectivity index (χ4v) is 8.34. The molecular weight excluding hydrogens is 752 g/mol. The molecule has 16 heteroatoms. The Balaban J connectivity index is 1.65. The van der Waals surface area contributed by atoms with E-state index in [9.17, 15) is 38.4 Å². The number of rotatable bonds is 22. The SMILES string of the molecule is C=C(C)C(=O)OCCNC(=O)N(CCC1CC2CC1C1C(CCN(C(=O)CCOC(=O)C(=C)C)C(=O)NCCOC(=O)C(=C)C)CCC21)C(=O)CCOC(=O)C(=C)C. The summed E-state index contributed by atoms with van der Waals surface area (Å²) in [7, 11) is 0. The number of fused-ring (bicyclic) bond motifs is 5. The number of nitrogens with zero attached hydrogens (tertiary/aromatic N) is 2. The highest BCUT2D eigenvalue weighted by Crippen LogP contribution is 2.64. The summed E-state index contributed by atoms with van der Waals surface area (Å²) in [4.78, 5) is 103. The Morgan fingerprint density at radius 1 is 0.534 bits per heavy atom. The fourth-order valence-electron chi connectivity index (χ4n) is 8.34. The maximum Gasteiger partial charge on any atom is 0.333 e. The average Bonchev–Trinajstić information content (AvgIpc) is 3.88. The third kappa shape index (κ3) is 13.7. The van der Waals surface area contributed by atoms with E-state index in [1.165, 1.54) is 27.7 Å². The normalized spacial score (nSPS) is 21.1. The lowest BCUT2D eigenvalue weighted by Crippen LogP contribution is -2.46. The standard InChI is InChI=1S/C42H60N4O12/c1-25(2)37(49)55-19-13-34(47)45(41(53)43-15-21-57-39(51)27(5)6)17-11-29-9-10-32-31-23-30(33(24-31)36(29)32)12-18-46(35(48)14-20-56-38(50)26(3)4)42(54)44-16-22-58-40(52)28(7)8/h29-33,36H,1,3,5,7,9-24H2,2,4,6,8H3,(H,43,53)(H,44,54). The number of hydrogen-bond acceptors (Lipinski definition) is 12. The molecule has 0 aromatic rings. The zero-order valence-corrected chi connectivity index (χ0v) is 34.4. The van der Waals surface area contributed by atoms with Gasteiger partial charge in [0.25, 0.3) is 0 Å². The van der Waals surface area contributed by atoms with Crippen molar-refractivity contribution in [3.05, 3.63) is 48.6 Å². The molecule has 3 rings (SSSR count). The smallest absolute Gasteiger partial charge is 0.333 e. The minimum Gasteiger partial charge on any atom is -0.462 e. The van der Waals surface area contributed by atoms with Crippen LogP contribution in [0.4, 0.5) is 9.59 Å². The van der Waals surface area contributed by atoms with E-state index >= 15 is 0 Å². The third-order valence-corrected chi connectivity index (χ3v) is 11.0. The Kier molecular flexibility index (Phi) is 18.4. The Bertz CT molecular complexity index is 1640. The molecule has 0 aromatic carbocycles. The van der Waals surface area contributed by atoms with Gasteiger partial charge in [0.1, 0.15) is 26.4 Å². The van der Waals surface area contributed by atoms with Crippen molar-refractivity contribution < 1.29 is 57.3 Å². The maximum absolute atomic E-state index is 13.3. The third-order valence-electron chi connectivity index (χ3n) is 11.0. The van der Waals surface area contributed by atoms with Crippen LogP contribution < -0.4 is 10.6 Å². The molecule has 6 unspecified atom stereocenters. The lowest BCUT2D eigenvalue weighted by atomic mass is 9.71. The van der Waals surface area contributed by atoms with Crippen molar-refractivity contribution in [1.29, 1.82) is 0 Å². The molecule has 0 spiro atoms. The van der Waals surface area contributed by atoms with Crippen molar-refractivity contribution in [3.8, 4) is 0 Å². The van der Waals surface area contributed by atoms with Crippen LogP contribution in [-0.2, 0) is 47.7 Å². The lowest BCUT2D eigenvalue weighted by molar-refractivity contribution is -0.142. The van der Waals surface area contributed by atoms with Gasteiger partial charge in [-0.3, -0.25) is 19.4 Å². The van der Waals surface area contributed by atoms with Gasteiger partial charge in [0.05, 0.1) is 25.9 Å². The van der Waals surface area contributed by atoms with E-state index in [1.54, 1.807) is 0 Å². The van der Waals surface area contributed by atoms with Crippen LogP contribution >= 0.6 is 0 Å². The molecule has 0 saturated heterocycles. The molecule has 2 N–H and O–H groups in total. The second-order valence-electron chi connectivity index (χ2n) is 15.5. The van der Waals surface area contributed by atoms with E-state index in [-0.39, 0.29) is 99.6 Å². The Labute approximate surface area is 340 Å². The highest BCUT2D eigenvalue weighted by molar-refractivity contribution is 5.95. The second kappa shape index (κ2) is 22.6. The molecule has 3 aliphatic carbocycles. The maximum atomic E-state index is 13.3. The number of amides is 6. The van der Waals surface area contributed by atoms with Crippen LogP contribution in [0.25, 0.3) is 0 Å². The first-order chi connectivity index (χ1) is 27.4. The predicted octanol–water partition coefficient (Wildman–Crippen LogP) is 4.40. The fraction of sp³-hybridized carbons (Fsp3) is 0.619. The summed E-state index contributed by atoms with van der Waals surface area (Å²) in [5.74, 6) is -1.32. The second-order valence-corrected chi connectivity index (χ2v) is 15.5. The number of carbonyl (C=O) groups excluding carboxylic acids is 8. The Morgan fingerprint density at radius 2 is 0.931 bits per heavy atom. The summed E-state index contributed by atoms with van der Waals surface area (Å²) < 4.78 is 20.3. The average molecular weight is 813 g/mol. The van der Waals surface area contributed by atoms with E-state index < -0.39 is 47.8 Å². The molecule has 3 aliphatic rings. The molecule has 2 bridgehead atoms. The van der Waals surface area contributed by atoms with Gasteiger partial charge in [0.15, 0.2) is 0 Å². The molecule has 0 heterocycles. The van der Waals surface area contributed by atoms with Crippen molar-refractivity contribution in [2.24, 2.45) is 35.5 Å². The van der Waals surface area contributed by atoms with Crippen LogP contribution in [-0.4, -0.2) is 110 Å². The number of ether oxygens (including phenoxy) is 4. The number of imide groups is 2. The first-order valence-corrected chi connectivity index (χ1v) is 19.9. The molecule has 320 valence electrons. The largest absolute Gasteiger partial charge is 0.462 e. The van der Waals surface area contributed by atoms with Crippen molar-refractivity contribution in [2.75, 3.05) is 52.6 Å². The van der Waals surface area contributed by atoms with Gasteiger partial charge in [-0.05, 0) is 102 Å². The molecule has 6 amide bonds. The van der Waals surface area contributed by atoms with Gasteiger partial charge < -0.3 is 29.6 Å². The quantitative estimate of drug-likeness (QED) is 0.0676. The summed E-state index contributed by atoms with van der Waals surface area (Å²) in [6.07, 6.45) is 4.70. The zero-order chi connectivity index (χ0) is 43.1. The van der Waals surface area contributed by atoms with E-state index in [2.05, 4.69) is 36.9 Å². The van der Waals surface area contributed by atoms with Crippen LogP contribution in [0.3, 0.4) is 0 Å². The van der Waals surface area contributed by atoms with Gasteiger partial charge >= 0.3 is 35.9 Å². The molecular formula is C42H60N4O12. The van der Waals surface area contributed by atoms with E-state index in [1.807, 2.05) is 0 Å². The first-order valence-electron chi connectivity index (χ1n) is 19.9. The van der Waals surface area contributed by atoms with Gasteiger partial charge in [-0.15, -0.1) is 0 Å². The molecule has 3 saturated carbocycles. The topological polar surface area (TPSA) is 204 Å². The summed E-state index contributed by atoms with van der Waals surface area (Å²) in [6, 6.07) is -1.29. The Morgan fingerprint density at radius 3 is 1.34 bits per heavy atom. The summed E-state index contributed by atoms with van der Waals surface area (Å²) in [6.45, 7) is 19.7. The number of esters is 4. The monoisotopic (exact) mass is 812 g/mol. The van der Waals surface area contributed by atoms with Gasteiger partial charge in [0, 0.05) is 35.4 Å². The van der Waals surface area contributed by atoms with E-state index in [0.29, 0.717) is 36.5 Å². The minimum absolute atomic E-state index is 0.0223. The summed E-state index contributed by atoms with van der Waals surface area (Å²) >= 11 is 0. The number of carbonyl (C=O) groups is 8. The van der Waals surface area contributed by atoms with Crippen LogP contribution in [0.15, 0.2) is 48.6 Å². The predicted molar refractivity (Wildman–Crippen MR) is 211 cm³/mol. The van der Waals surface area contributed by atoms with Crippen LogP contribution in [0, 0.1) is 35.5 Å². The summed E-state index contributed by atoms with van der Waals surface area (Å²) in [5, 5.41) is 5.29. The lowest BCUT2D eigenvalue weighted by Gasteiger charge is -2.36. The van der Waals surface area contributed by atoms with Crippen molar-refractivity contribution in [2.45, 2.75) is 79.1 Å². The molecule has 6 atom stereocenters. The molecule has 58 heavy (non-hydrogen) atoms. The van der Waals surface area contributed by atoms with Gasteiger partial charge in [0.2, 0.25) is 11.8 Å². The highest BCUT2D eigenvalue weighted by Gasteiger charge is 2.56. The van der Waals surface area contributed by atoms with Gasteiger partial charge in [-0.2, -0.15) is 0 Å². The van der Waals surface area contributed by atoms with Crippen LogP contribution in [0.5, 0.6) is 0 Å². The molecule has 16 nitrogen and oxygen atoms in total. The summed E-state index contributed by atoms with van der Waals surface area (Å²) in [5.41, 5.74) is 0.815. The number of urea groups is 2. The molecule has 0 aliphatic heterocycles. The first kappa shape index (κ1) is 47.1. The Hall–Kier alpha value is -5.28. The van der Waals surface area contributed by atoms with Crippen molar-refractivity contribution >= 4 is 47.8 Å². The van der Waals surface area contributed by atoms with Gasteiger partial charge in [-0.25, -0.2) is 28.8 Å². The minimum atomic E-state index is -0.645. The molecule has 0 aromatic heterocycles. The molecule has 3 fully saturated rings. The van der Waals surface area contributed by atoms with E-state index in [0.717, 1.165) is 35.5 Å². The zero-order valence-electron chi connectivity index (χ0n) is 34.4. The van der Waals surface area contributed by atoms with Gasteiger partial charge in [-0.1, -0.05) is 26.3 Å². The van der Waals surface area contributed by atoms with E-state index in [4.69, 9.17) is 18.9 Å². The van der Waals surface area contributed by atoms with Crippen molar-refractivity contribution in [3.63, 3.8) is 0 Å². The molecule has 0 radical (unpaired) electrons. The van der Waals surface area contributed by atoms with Crippen LogP contribution in [0.2, 0.25) is 0 Å². The van der Waals surface area contributed by atoms with Crippen molar-refractivity contribution in [1.82, 2.24) is 20.4 Å².